The normalized spacial score (nSPS) is 24.1. The van der Waals surface area contributed by atoms with Crippen LogP contribution in [0.25, 0.3) is 22.4 Å². The van der Waals surface area contributed by atoms with Gasteiger partial charge in [-0.15, -0.1) is 0 Å². The van der Waals surface area contributed by atoms with Gasteiger partial charge in [0.2, 0.25) is 0 Å². The molecule has 6 nitrogen and oxygen atoms in total. The first-order valence-corrected chi connectivity index (χ1v) is 15.6. The Hall–Kier alpha value is -2.29. The second-order valence-corrected chi connectivity index (χ2v) is 13.4. The summed E-state index contributed by atoms with van der Waals surface area (Å²) >= 11 is 0. The number of halogens is 1. The van der Waals surface area contributed by atoms with Gasteiger partial charge in [0.05, 0.1) is 15.9 Å². The SMILES string of the molecule is Cn1c(-c2ccc(S(C)(=O)=O)cc2)nc2cc(F)c(C3CCN(C4CCNCC4)[C@H](CC4CC4)C3)cc21. The Bertz CT molecular complexity index is 1390. The van der Waals surface area contributed by atoms with Crippen molar-refractivity contribution in [3.63, 3.8) is 0 Å². The minimum absolute atomic E-state index is 0.157. The van der Waals surface area contributed by atoms with Crippen LogP contribution in [0.4, 0.5) is 4.39 Å². The molecule has 3 heterocycles. The van der Waals surface area contributed by atoms with Crippen molar-refractivity contribution >= 4 is 20.9 Å². The van der Waals surface area contributed by atoms with Crippen LogP contribution in [0.3, 0.4) is 0 Å². The van der Waals surface area contributed by atoms with Crippen molar-refractivity contribution < 1.29 is 12.8 Å². The van der Waals surface area contributed by atoms with Gasteiger partial charge >= 0.3 is 0 Å². The van der Waals surface area contributed by atoms with E-state index in [1.54, 1.807) is 30.3 Å². The predicted octanol–water partition coefficient (Wildman–Crippen LogP) is 4.88. The minimum Gasteiger partial charge on any atom is -0.327 e. The van der Waals surface area contributed by atoms with E-state index in [9.17, 15) is 8.42 Å². The van der Waals surface area contributed by atoms with E-state index in [1.165, 1.54) is 38.4 Å². The van der Waals surface area contributed by atoms with Gasteiger partial charge in [0.15, 0.2) is 9.84 Å². The smallest absolute Gasteiger partial charge is 0.175 e. The number of nitrogens with zero attached hydrogens (tertiary/aromatic N) is 3. The van der Waals surface area contributed by atoms with E-state index in [2.05, 4.69) is 10.2 Å². The number of piperidine rings is 2. The molecule has 3 aromatic rings. The lowest BCUT2D eigenvalue weighted by atomic mass is 9.81. The molecule has 2 aliphatic heterocycles. The minimum atomic E-state index is -3.26. The zero-order chi connectivity index (χ0) is 25.7. The van der Waals surface area contributed by atoms with E-state index in [0.717, 1.165) is 55.0 Å². The summed E-state index contributed by atoms with van der Waals surface area (Å²) in [5.41, 5.74) is 3.18. The van der Waals surface area contributed by atoms with Crippen LogP contribution in [-0.2, 0) is 16.9 Å². The molecule has 3 aliphatic rings. The Morgan fingerprint density at radius 3 is 2.46 bits per heavy atom. The second kappa shape index (κ2) is 9.79. The van der Waals surface area contributed by atoms with Crippen LogP contribution >= 0.6 is 0 Å². The topological polar surface area (TPSA) is 67.2 Å². The number of likely N-dealkylation sites (tertiary alicyclic amines) is 1. The van der Waals surface area contributed by atoms with Gasteiger partial charge in [-0.05, 0) is 99.5 Å². The molecule has 2 atom stereocenters. The van der Waals surface area contributed by atoms with Crippen molar-refractivity contribution in [1.82, 2.24) is 19.8 Å². The Morgan fingerprint density at radius 1 is 1.05 bits per heavy atom. The quantitative estimate of drug-likeness (QED) is 0.498. The monoisotopic (exact) mass is 524 g/mol. The molecule has 0 bridgehead atoms. The molecule has 1 saturated carbocycles. The summed E-state index contributed by atoms with van der Waals surface area (Å²) in [5.74, 6) is 1.63. The third kappa shape index (κ3) is 5.08. The number of sulfone groups is 1. The molecule has 6 rings (SSSR count). The van der Waals surface area contributed by atoms with Gasteiger partial charge in [0, 0.05) is 37.0 Å². The van der Waals surface area contributed by atoms with E-state index in [1.807, 2.05) is 17.7 Å². The van der Waals surface area contributed by atoms with Gasteiger partial charge in [0.25, 0.3) is 0 Å². The third-order valence-electron chi connectivity index (χ3n) is 8.82. The van der Waals surface area contributed by atoms with Crippen LogP contribution in [0.5, 0.6) is 0 Å². The molecule has 1 unspecified atom stereocenters. The number of hydrogen-bond acceptors (Lipinski definition) is 5. The molecule has 8 heteroatoms. The fourth-order valence-corrected chi connectivity index (χ4v) is 7.22. The van der Waals surface area contributed by atoms with Gasteiger partial charge in [-0.3, -0.25) is 4.90 Å². The standard InChI is InChI=1S/C29H37FN4O2S/c1-33-28-17-25(21-11-14-34(22-9-12-31-13-10-22)23(16-21)15-19-3-4-19)26(30)18-27(28)32-29(33)20-5-7-24(8-6-20)37(2,35)36/h5-8,17-19,21-23,31H,3-4,9-16H2,1-2H3/t21?,23-/m1/s1. The van der Waals surface area contributed by atoms with Crippen molar-refractivity contribution in [1.29, 1.82) is 0 Å². The first-order valence-electron chi connectivity index (χ1n) is 13.7. The van der Waals surface area contributed by atoms with Crippen molar-refractivity contribution in [2.45, 2.75) is 67.8 Å². The highest BCUT2D eigenvalue weighted by atomic mass is 32.2. The summed E-state index contributed by atoms with van der Waals surface area (Å²) < 4.78 is 41.2. The van der Waals surface area contributed by atoms with E-state index in [-0.39, 0.29) is 16.6 Å². The summed E-state index contributed by atoms with van der Waals surface area (Å²) in [5, 5.41) is 3.50. The first kappa shape index (κ1) is 25.0. The predicted molar refractivity (Wildman–Crippen MR) is 145 cm³/mol. The number of rotatable bonds is 6. The molecular formula is C29H37FN4O2S. The van der Waals surface area contributed by atoms with E-state index in [0.29, 0.717) is 23.4 Å². The number of benzene rings is 2. The Labute approximate surface area is 219 Å². The van der Waals surface area contributed by atoms with Gasteiger partial charge in [-0.25, -0.2) is 17.8 Å². The third-order valence-corrected chi connectivity index (χ3v) is 9.95. The molecular weight excluding hydrogens is 487 g/mol. The van der Waals surface area contributed by atoms with Crippen molar-refractivity contribution in [3.8, 4) is 11.4 Å². The number of nitrogens with one attached hydrogen (secondary N) is 1. The van der Waals surface area contributed by atoms with Crippen molar-refractivity contribution in [2.24, 2.45) is 13.0 Å². The number of aryl methyl sites for hydroxylation is 1. The molecule has 0 amide bonds. The molecule has 1 aliphatic carbocycles. The summed E-state index contributed by atoms with van der Waals surface area (Å²) in [6, 6.07) is 11.6. The van der Waals surface area contributed by atoms with Crippen LogP contribution in [0.15, 0.2) is 41.3 Å². The highest BCUT2D eigenvalue weighted by molar-refractivity contribution is 7.90. The Kier molecular flexibility index (Phi) is 6.62. The highest BCUT2D eigenvalue weighted by Crippen LogP contribution is 2.42. The van der Waals surface area contributed by atoms with E-state index in [4.69, 9.17) is 4.98 Å². The number of fused-ring (bicyclic) bond motifs is 1. The molecule has 2 aromatic carbocycles. The van der Waals surface area contributed by atoms with Crippen LogP contribution in [0, 0.1) is 11.7 Å². The van der Waals surface area contributed by atoms with Gasteiger partial charge in [-0.1, -0.05) is 12.8 Å². The van der Waals surface area contributed by atoms with E-state index >= 15 is 4.39 Å². The number of imidazole rings is 1. The molecule has 1 aromatic heterocycles. The van der Waals surface area contributed by atoms with Crippen LogP contribution < -0.4 is 5.32 Å². The zero-order valence-corrected chi connectivity index (χ0v) is 22.6. The maximum absolute atomic E-state index is 15.5. The first-order chi connectivity index (χ1) is 17.8. The Balaban J connectivity index is 1.28. The van der Waals surface area contributed by atoms with Crippen LogP contribution in [-0.4, -0.2) is 60.8 Å². The number of aromatic nitrogens is 2. The summed E-state index contributed by atoms with van der Waals surface area (Å²) in [6.45, 7) is 3.26. The summed E-state index contributed by atoms with van der Waals surface area (Å²) in [6.07, 6.45) is 9.61. The molecule has 198 valence electrons. The maximum atomic E-state index is 15.5. The zero-order valence-electron chi connectivity index (χ0n) is 21.8. The fraction of sp³-hybridized carbons (Fsp3) is 0.552. The summed E-state index contributed by atoms with van der Waals surface area (Å²) in [7, 11) is -1.31. The maximum Gasteiger partial charge on any atom is 0.175 e. The lowest BCUT2D eigenvalue weighted by Crippen LogP contribution is -2.51. The highest BCUT2D eigenvalue weighted by Gasteiger charge is 2.38. The van der Waals surface area contributed by atoms with Crippen molar-refractivity contribution in [3.05, 3.63) is 47.8 Å². The van der Waals surface area contributed by atoms with Gasteiger partial charge < -0.3 is 9.88 Å². The molecule has 37 heavy (non-hydrogen) atoms. The molecule has 0 radical (unpaired) electrons. The molecule has 0 spiro atoms. The second-order valence-electron chi connectivity index (χ2n) is 11.4. The molecule has 3 fully saturated rings. The van der Waals surface area contributed by atoms with Crippen LogP contribution in [0.2, 0.25) is 0 Å². The van der Waals surface area contributed by atoms with Crippen molar-refractivity contribution in [2.75, 3.05) is 25.9 Å². The lowest BCUT2D eigenvalue weighted by molar-refractivity contribution is 0.0593. The number of hydrogen-bond donors (Lipinski definition) is 1. The largest absolute Gasteiger partial charge is 0.327 e. The van der Waals surface area contributed by atoms with Gasteiger partial charge in [-0.2, -0.15) is 0 Å². The summed E-state index contributed by atoms with van der Waals surface area (Å²) in [4.78, 5) is 7.77. The molecule has 2 saturated heterocycles. The fourth-order valence-electron chi connectivity index (χ4n) is 6.59. The van der Waals surface area contributed by atoms with E-state index < -0.39 is 9.84 Å². The van der Waals surface area contributed by atoms with Crippen LogP contribution in [0.1, 0.15) is 56.4 Å². The average molecular weight is 525 g/mol. The molecule has 1 N–H and O–H groups in total. The Morgan fingerprint density at radius 2 is 1.78 bits per heavy atom. The van der Waals surface area contributed by atoms with Gasteiger partial charge in [0.1, 0.15) is 11.6 Å². The lowest BCUT2D eigenvalue weighted by Gasteiger charge is -2.45. The average Bonchev–Trinajstić information content (AvgIpc) is 3.65.